The first-order valence-corrected chi connectivity index (χ1v) is 7.72. The summed E-state index contributed by atoms with van der Waals surface area (Å²) in [6.45, 7) is 0. The summed E-state index contributed by atoms with van der Waals surface area (Å²) in [5, 5.41) is 2.48. The van der Waals surface area contributed by atoms with Crippen molar-refractivity contribution in [2.24, 2.45) is 0 Å². The summed E-state index contributed by atoms with van der Waals surface area (Å²) in [6.07, 6.45) is 6.50. The lowest BCUT2D eigenvalue weighted by atomic mass is 10.0. The molecule has 4 aromatic rings. The van der Waals surface area contributed by atoms with E-state index < -0.39 is 0 Å². The van der Waals surface area contributed by atoms with Crippen molar-refractivity contribution in [2.75, 3.05) is 0 Å². The Morgan fingerprint density at radius 1 is 0.696 bits per heavy atom. The maximum absolute atomic E-state index is 4.68. The predicted octanol–water partition coefficient (Wildman–Crippen LogP) is 4.89. The van der Waals surface area contributed by atoms with E-state index in [2.05, 4.69) is 64.6 Å². The van der Waals surface area contributed by atoms with E-state index in [1.807, 2.05) is 30.7 Å². The van der Waals surface area contributed by atoms with Crippen LogP contribution in [0.3, 0.4) is 0 Å². The molecule has 0 aliphatic rings. The third kappa shape index (κ3) is 2.84. The van der Waals surface area contributed by atoms with E-state index in [1.54, 1.807) is 0 Å². The lowest BCUT2D eigenvalue weighted by Crippen LogP contribution is -1.91. The summed E-state index contributed by atoms with van der Waals surface area (Å²) in [7, 11) is 0. The molecule has 23 heavy (non-hydrogen) atoms. The molecule has 0 saturated carbocycles. The summed E-state index contributed by atoms with van der Waals surface area (Å²) in [5.41, 5.74) is 4.65. The second kappa shape index (κ2) is 6.01. The Labute approximate surface area is 135 Å². The molecule has 0 radical (unpaired) electrons. The minimum Gasteiger partial charge on any atom is -0.265 e. The molecule has 4 rings (SSSR count). The van der Waals surface area contributed by atoms with Crippen molar-refractivity contribution >= 4 is 10.8 Å². The molecule has 110 valence electrons. The number of hydrogen-bond acceptors (Lipinski definition) is 2. The maximum Gasteiger partial charge on any atom is 0.0708 e. The molecule has 2 heterocycles. The number of fused-ring (bicyclic) bond motifs is 1. The summed E-state index contributed by atoms with van der Waals surface area (Å²) >= 11 is 0. The largest absolute Gasteiger partial charge is 0.265 e. The molecule has 0 unspecified atom stereocenters. The molecule has 0 spiro atoms. The van der Waals surface area contributed by atoms with Crippen LogP contribution in [0.2, 0.25) is 0 Å². The van der Waals surface area contributed by atoms with Crippen LogP contribution < -0.4 is 0 Å². The van der Waals surface area contributed by atoms with Crippen LogP contribution in [0.25, 0.3) is 22.0 Å². The molecular weight excluding hydrogens is 280 g/mol. The summed E-state index contributed by atoms with van der Waals surface area (Å²) < 4.78 is 0. The van der Waals surface area contributed by atoms with Crippen LogP contribution in [-0.4, -0.2) is 9.97 Å². The van der Waals surface area contributed by atoms with Crippen molar-refractivity contribution in [1.82, 2.24) is 9.97 Å². The zero-order valence-corrected chi connectivity index (χ0v) is 12.7. The number of benzene rings is 2. The first-order valence-electron chi connectivity index (χ1n) is 7.72. The van der Waals surface area contributed by atoms with Gasteiger partial charge >= 0.3 is 0 Å². The van der Waals surface area contributed by atoms with Gasteiger partial charge in [0.2, 0.25) is 0 Å². The van der Waals surface area contributed by atoms with Gasteiger partial charge in [0.15, 0.2) is 0 Å². The number of hydrogen-bond donors (Lipinski definition) is 0. The zero-order valence-electron chi connectivity index (χ0n) is 12.7. The van der Waals surface area contributed by atoms with E-state index in [4.69, 9.17) is 0 Å². The van der Waals surface area contributed by atoms with Crippen molar-refractivity contribution < 1.29 is 0 Å². The fourth-order valence-corrected chi connectivity index (χ4v) is 2.87. The third-order valence-corrected chi connectivity index (χ3v) is 4.05. The van der Waals surface area contributed by atoms with Crippen LogP contribution in [0.4, 0.5) is 0 Å². The van der Waals surface area contributed by atoms with Crippen LogP contribution >= 0.6 is 0 Å². The molecule has 0 aliphatic heterocycles. The van der Waals surface area contributed by atoms with E-state index in [0.29, 0.717) is 0 Å². The highest BCUT2D eigenvalue weighted by Gasteiger charge is 2.05. The molecule has 0 fully saturated rings. The van der Waals surface area contributed by atoms with E-state index in [1.165, 1.54) is 27.5 Å². The summed E-state index contributed by atoms with van der Waals surface area (Å²) in [4.78, 5) is 8.73. The van der Waals surface area contributed by atoms with Crippen molar-refractivity contribution in [3.05, 3.63) is 96.4 Å². The maximum atomic E-state index is 4.68. The minimum atomic E-state index is 0.880. The van der Waals surface area contributed by atoms with Gasteiger partial charge in [-0.1, -0.05) is 48.5 Å². The van der Waals surface area contributed by atoms with Gasteiger partial charge in [-0.3, -0.25) is 9.97 Å². The molecule has 2 aromatic heterocycles. The molecule has 2 heteroatoms. The summed E-state index contributed by atoms with van der Waals surface area (Å²) in [6, 6.07) is 23.1. The lowest BCUT2D eigenvalue weighted by molar-refractivity contribution is 1.13. The number of aromatic nitrogens is 2. The molecule has 2 nitrogen and oxygen atoms in total. The normalized spacial score (nSPS) is 10.8. The average molecular weight is 296 g/mol. The van der Waals surface area contributed by atoms with Crippen molar-refractivity contribution in [3.8, 4) is 11.3 Å². The van der Waals surface area contributed by atoms with E-state index in [0.717, 1.165) is 12.1 Å². The zero-order chi connectivity index (χ0) is 15.5. The standard InChI is InChI=1S/C21H16N2/c1-2-6-19-18(4-1)5-3-7-20(19)21-9-8-17(15-23-21)14-16-10-12-22-13-11-16/h1-13,15H,14H2. The van der Waals surface area contributed by atoms with Crippen LogP contribution in [0, 0.1) is 0 Å². The first-order chi connectivity index (χ1) is 11.4. The SMILES string of the molecule is c1ccc2c(-c3ccc(Cc4ccncc4)cn3)cccc2c1. The topological polar surface area (TPSA) is 25.8 Å². The van der Waals surface area contributed by atoms with Crippen LogP contribution in [-0.2, 0) is 6.42 Å². The van der Waals surface area contributed by atoms with Crippen molar-refractivity contribution in [1.29, 1.82) is 0 Å². The molecule has 0 amide bonds. The Morgan fingerprint density at radius 3 is 2.35 bits per heavy atom. The van der Waals surface area contributed by atoms with E-state index in [9.17, 15) is 0 Å². The third-order valence-electron chi connectivity index (χ3n) is 4.05. The average Bonchev–Trinajstić information content (AvgIpc) is 2.63. The Balaban J connectivity index is 1.68. The number of rotatable bonds is 3. The van der Waals surface area contributed by atoms with Crippen LogP contribution in [0.5, 0.6) is 0 Å². The highest BCUT2D eigenvalue weighted by atomic mass is 14.7. The van der Waals surface area contributed by atoms with Gasteiger partial charge < -0.3 is 0 Å². The molecule has 2 aromatic carbocycles. The molecule has 0 N–H and O–H groups in total. The predicted molar refractivity (Wildman–Crippen MR) is 94.2 cm³/mol. The van der Waals surface area contributed by atoms with Gasteiger partial charge in [0, 0.05) is 24.2 Å². The molecular formula is C21H16N2. The van der Waals surface area contributed by atoms with Gasteiger partial charge in [0.1, 0.15) is 0 Å². The highest BCUT2D eigenvalue weighted by molar-refractivity contribution is 5.95. The van der Waals surface area contributed by atoms with Gasteiger partial charge in [0.05, 0.1) is 5.69 Å². The van der Waals surface area contributed by atoms with Gasteiger partial charge in [-0.15, -0.1) is 0 Å². The highest BCUT2D eigenvalue weighted by Crippen LogP contribution is 2.27. The summed E-state index contributed by atoms with van der Waals surface area (Å²) in [5.74, 6) is 0. The van der Waals surface area contributed by atoms with Gasteiger partial charge in [-0.2, -0.15) is 0 Å². The van der Waals surface area contributed by atoms with Crippen molar-refractivity contribution in [2.45, 2.75) is 6.42 Å². The monoisotopic (exact) mass is 296 g/mol. The molecule has 0 bridgehead atoms. The van der Waals surface area contributed by atoms with Gasteiger partial charge in [0.25, 0.3) is 0 Å². The lowest BCUT2D eigenvalue weighted by Gasteiger charge is -2.07. The van der Waals surface area contributed by atoms with Gasteiger partial charge in [-0.25, -0.2) is 0 Å². The Morgan fingerprint density at radius 2 is 1.52 bits per heavy atom. The number of pyridine rings is 2. The van der Waals surface area contributed by atoms with Crippen LogP contribution in [0.15, 0.2) is 85.3 Å². The number of nitrogens with zero attached hydrogens (tertiary/aromatic N) is 2. The van der Waals surface area contributed by atoms with E-state index in [-0.39, 0.29) is 0 Å². The molecule has 0 atom stereocenters. The fourth-order valence-electron chi connectivity index (χ4n) is 2.87. The Kier molecular flexibility index (Phi) is 3.57. The van der Waals surface area contributed by atoms with E-state index >= 15 is 0 Å². The van der Waals surface area contributed by atoms with Crippen molar-refractivity contribution in [3.63, 3.8) is 0 Å². The molecule has 0 saturated heterocycles. The Bertz CT molecular complexity index is 923. The Hall–Kier alpha value is -3.00. The van der Waals surface area contributed by atoms with Crippen LogP contribution in [0.1, 0.15) is 11.1 Å². The molecule has 0 aliphatic carbocycles. The first kappa shape index (κ1) is 13.6. The smallest absolute Gasteiger partial charge is 0.0708 e. The second-order valence-electron chi connectivity index (χ2n) is 5.61. The second-order valence-corrected chi connectivity index (χ2v) is 5.61. The fraction of sp³-hybridized carbons (Fsp3) is 0.0476. The quantitative estimate of drug-likeness (QED) is 0.538. The van der Waals surface area contributed by atoms with Gasteiger partial charge in [-0.05, 0) is 46.5 Å². The minimum absolute atomic E-state index is 0.880.